The molecule has 0 saturated heterocycles. The lowest BCUT2D eigenvalue weighted by molar-refractivity contribution is 0.713. The Morgan fingerprint density at radius 3 is 2.57 bits per heavy atom. The average Bonchev–Trinajstić information content (AvgIpc) is 2.42. The summed E-state index contributed by atoms with van der Waals surface area (Å²) in [6.07, 6.45) is 7.25. The third kappa shape index (κ3) is 2.29. The molecule has 0 nitrogen and oxygen atoms in total. The monoisotopic (exact) mass is 116 g/mol. The molecular formula is C6H13P. The van der Waals surface area contributed by atoms with Gasteiger partial charge in [-0.05, 0) is 18.5 Å². The van der Waals surface area contributed by atoms with E-state index in [-0.39, 0.29) is 0 Å². The van der Waals surface area contributed by atoms with Gasteiger partial charge in [-0.1, -0.05) is 19.3 Å². The Balaban J connectivity index is 1.80. The van der Waals surface area contributed by atoms with E-state index in [0.717, 1.165) is 5.92 Å². The fourth-order valence-electron chi connectivity index (χ4n) is 0.813. The number of hydrogen-bond donors (Lipinski definition) is 0. The van der Waals surface area contributed by atoms with Crippen LogP contribution in [-0.2, 0) is 0 Å². The van der Waals surface area contributed by atoms with E-state index in [0.29, 0.717) is 0 Å². The van der Waals surface area contributed by atoms with Crippen LogP contribution in [0, 0.1) is 5.92 Å². The normalized spacial score (nSPS) is 20.1. The predicted octanol–water partition coefficient (Wildman–Crippen LogP) is 2.05. The van der Waals surface area contributed by atoms with Gasteiger partial charge in [0, 0.05) is 0 Å². The highest BCUT2D eigenvalue weighted by Crippen LogP contribution is 2.33. The molecule has 1 aliphatic carbocycles. The highest BCUT2D eigenvalue weighted by atomic mass is 31.0. The van der Waals surface area contributed by atoms with Crippen LogP contribution in [0.25, 0.3) is 0 Å². The molecule has 0 aliphatic heterocycles. The summed E-state index contributed by atoms with van der Waals surface area (Å²) in [5.41, 5.74) is 0. The standard InChI is InChI=1S/C6H13P/c7-5-1-2-6-3-4-6/h6H,1-5,7H2. The molecule has 1 aliphatic rings. The molecule has 0 amide bonds. The van der Waals surface area contributed by atoms with Crippen LogP contribution < -0.4 is 0 Å². The first-order valence-corrected chi connectivity index (χ1v) is 3.95. The summed E-state index contributed by atoms with van der Waals surface area (Å²) < 4.78 is 0. The second kappa shape index (κ2) is 2.67. The quantitative estimate of drug-likeness (QED) is 0.495. The Bertz CT molecular complexity index is 48.1. The summed E-state index contributed by atoms with van der Waals surface area (Å²) >= 11 is 0. The lowest BCUT2D eigenvalue weighted by atomic mass is 10.2. The van der Waals surface area contributed by atoms with Crippen LogP contribution in [0.1, 0.15) is 25.7 Å². The smallest absolute Gasteiger partial charge is 0.0381 e. The predicted molar refractivity (Wildman–Crippen MR) is 36.5 cm³/mol. The topological polar surface area (TPSA) is 0 Å². The lowest BCUT2D eigenvalue weighted by Gasteiger charge is -1.88. The van der Waals surface area contributed by atoms with E-state index in [4.69, 9.17) is 0 Å². The van der Waals surface area contributed by atoms with Gasteiger partial charge in [0.25, 0.3) is 0 Å². The molecule has 0 heterocycles. The van der Waals surface area contributed by atoms with E-state index >= 15 is 0 Å². The second-order valence-electron chi connectivity index (χ2n) is 2.37. The Labute approximate surface area is 47.9 Å². The van der Waals surface area contributed by atoms with Crippen molar-refractivity contribution in [3.63, 3.8) is 0 Å². The van der Waals surface area contributed by atoms with Gasteiger partial charge in [-0.25, -0.2) is 0 Å². The van der Waals surface area contributed by atoms with Gasteiger partial charge in [-0.15, -0.1) is 9.24 Å². The molecule has 1 saturated carbocycles. The van der Waals surface area contributed by atoms with Gasteiger partial charge in [0.15, 0.2) is 0 Å². The molecular weight excluding hydrogens is 103 g/mol. The van der Waals surface area contributed by atoms with Gasteiger partial charge in [0.2, 0.25) is 0 Å². The Kier molecular flexibility index (Phi) is 2.12. The van der Waals surface area contributed by atoms with Crippen molar-refractivity contribution in [1.82, 2.24) is 0 Å². The summed E-state index contributed by atoms with van der Waals surface area (Å²) in [7, 11) is 2.77. The Hall–Kier alpha value is 0.430. The molecule has 1 fully saturated rings. The van der Waals surface area contributed by atoms with Gasteiger partial charge >= 0.3 is 0 Å². The molecule has 42 valence electrons. The molecule has 7 heavy (non-hydrogen) atoms. The van der Waals surface area contributed by atoms with Gasteiger partial charge in [-0.2, -0.15) is 0 Å². The minimum Gasteiger partial charge on any atom is -0.138 e. The molecule has 0 bridgehead atoms. The zero-order valence-electron chi connectivity index (χ0n) is 4.69. The van der Waals surface area contributed by atoms with Crippen molar-refractivity contribution in [2.24, 2.45) is 5.92 Å². The molecule has 1 heteroatoms. The van der Waals surface area contributed by atoms with Crippen molar-refractivity contribution in [2.45, 2.75) is 25.7 Å². The summed E-state index contributed by atoms with van der Waals surface area (Å²) in [6, 6.07) is 0. The minimum atomic E-state index is 1.14. The van der Waals surface area contributed by atoms with Crippen LogP contribution >= 0.6 is 9.24 Å². The van der Waals surface area contributed by atoms with Crippen molar-refractivity contribution in [1.29, 1.82) is 0 Å². The third-order valence-corrected chi connectivity index (χ3v) is 1.92. The van der Waals surface area contributed by atoms with E-state index in [2.05, 4.69) is 9.24 Å². The average molecular weight is 116 g/mol. The first-order valence-electron chi connectivity index (χ1n) is 3.13. The van der Waals surface area contributed by atoms with Crippen LogP contribution in [-0.4, -0.2) is 6.16 Å². The molecule has 0 aromatic carbocycles. The number of rotatable bonds is 3. The molecule has 0 spiro atoms. The first-order chi connectivity index (χ1) is 3.43. The second-order valence-corrected chi connectivity index (χ2v) is 2.95. The highest BCUT2D eigenvalue weighted by molar-refractivity contribution is 7.16. The van der Waals surface area contributed by atoms with Crippen LogP contribution in [0.5, 0.6) is 0 Å². The van der Waals surface area contributed by atoms with E-state index in [1.54, 1.807) is 0 Å². The van der Waals surface area contributed by atoms with Crippen molar-refractivity contribution in [3.8, 4) is 0 Å². The molecule has 0 radical (unpaired) electrons. The molecule has 1 unspecified atom stereocenters. The van der Waals surface area contributed by atoms with E-state index in [9.17, 15) is 0 Å². The Morgan fingerprint density at radius 1 is 1.43 bits per heavy atom. The highest BCUT2D eigenvalue weighted by Gasteiger charge is 2.19. The largest absolute Gasteiger partial charge is 0.138 e. The zero-order chi connectivity index (χ0) is 5.11. The van der Waals surface area contributed by atoms with Crippen molar-refractivity contribution >= 4 is 9.24 Å². The lowest BCUT2D eigenvalue weighted by Crippen LogP contribution is -1.75. The van der Waals surface area contributed by atoms with Crippen LogP contribution in [0.4, 0.5) is 0 Å². The van der Waals surface area contributed by atoms with Crippen molar-refractivity contribution in [3.05, 3.63) is 0 Å². The maximum Gasteiger partial charge on any atom is -0.0381 e. The van der Waals surface area contributed by atoms with E-state index < -0.39 is 0 Å². The summed E-state index contributed by atoms with van der Waals surface area (Å²) in [5, 5.41) is 0. The fourth-order valence-corrected chi connectivity index (χ4v) is 1.05. The minimum absolute atomic E-state index is 1.14. The van der Waals surface area contributed by atoms with Gasteiger partial charge in [0.1, 0.15) is 0 Å². The SMILES string of the molecule is PCCCC1CC1. The summed E-state index contributed by atoms with van der Waals surface area (Å²) in [6.45, 7) is 0. The van der Waals surface area contributed by atoms with Crippen LogP contribution in [0.3, 0.4) is 0 Å². The van der Waals surface area contributed by atoms with Crippen LogP contribution in [0.15, 0.2) is 0 Å². The molecule has 0 N–H and O–H groups in total. The van der Waals surface area contributed by atoms with E-state index in [1.165, 1.54) is 31.8 Å². The molecule has 0 aromatic rings. The maximum absolute atomic E-state index is 2.77. The fraction of sp³-hybridized carbons (Fsp3) is 1.00. The van der Waals surface area contributed by atoms with Crippen LogP contribution in [0.2, 0.25) is 0 Å². The molecule has 1 atom stereocenters. The van der Waals surface area contributed by atoms with Gasteiger partial charge < -0.3 is 0 Å². The van der Waals surface area contributed by atoms with Crippen molar-refractivity contribution < 1.29 is 0 Å². The summed E-state index contributed by atoms with van der Waals surface area (Å²) in [5.74, 6) is 1.14. The summed E-state index contributed by atoms with van der Waals surface area (Å²) in [4.78, 5) is 0. The zero-order valence-corrected chi connectivity index (χ0v) is 5.84. The molecule has 1 rings (SSSR count). The molecule has 0 aromatic heterocycles. The maximum atomic E-state index is 2.77. The third-order valence-electron chi connectivity index (χ3n) is 1.51. The first kappa shape index (κ1) is 5.56. The van der Waals surface area contributed by atoms with Gasteiger partial charge in [-0.3, -0.25) is 0 Å². The van der Waals surface area contributed by atoms with E-state index in [1.807, 2.05) is 0 Å². The Morgan fingerprint density at radius 2 is 2.14 bits per heavy atom. The van der Waals surface area contributed by atoms with Crippen molar-refractivity contribution in [2.75, 3.05) is 6.16 Å². The van der Waals surface area contributed by atoms with Gasteiger partial charge in [0.05, 0.1) is 0 Å². The number of hydrogen-bond acceptors (Lipinski definition) is 0.